The van der Waals surface area contributed by atoms with Crippen LogP contribution in [0.4, 0.5) is 14.5 Å². The van der Waals surface area contributed by atoms with Crippen molar-refractivity contribution >= 4 is 11.6 Å². The number of hydrogen-bond donors (Lipinski definition) is 2. The second kappa shape index (κ2) is 4.92. The fourth-order valence-electron chi connectivity index (χ4n) is 1.96. The zero-order valence-corrected chi connectivity index (χ0v) is 10.2. The average molecular weight is 254 g/mol. The van der Waals surface area contributed by atoms with Crippen LogP contribution in [0, 0.1) is 23.5 Å². The van der Waals surface area contributed by atoms with Crippen LogP contribution in [0.2, 0.25) is 0 Å². The fourth-order valence-corrected chi connectivity index (χ4v) is 1.96. The van der Waals surface area contributed by atoms with Gasteiger partial charge in [-0.15, -0.1) is 0 Å². The number of nitrogens with one attached hydrogen (secondary N) is 1. The molecule has 1 amide bonds. The Labute approximate surface area is 104 Å². The molecular formula is C13H16F2N2O. The summed E-state index contributed by atoms with van der Waals surface area (Å²) in [6.45, 7) is 2.51. The standard InChI is InChI=1S/C13H16F2N2O/c1-7(8-2-3-8)6-17-13(18)10-4-9(14)5-11(16)12(10)15/h4-5,7-8H,2-3,6,16H2,1H3,(H,17,18). The predicted molar refractivity (Wildman–Crippen MR) is 65.0 cm³/mol. The summed E-state index contributed by atoms with van der Waals surface area (Å²) in [5, 5.41) is 2.61. The first-order chi connectivity index (χ1) is 8.49. The Morgan fingerprint density at radius 2 is 2.17 bits per heavy atom. The Kier molecular flexibility index (Phi) is 3.50. The van der Waals surface area contributed by atoms with Crippen molar-refractivity contribution in [2.45, 2.75) is 19.8 Å². The first kappa shape index (κ1) is 12.8. The average Bonchev–Trinajstić information content (AvgIpc) is 3.14. The largest absolute Gasteiger partial charge is 0.396 e. The van der Waals surface area contributed by atoms with Crippen LogP contribution in [-0.2, 0) is 0 Å². The summed E-state index contributed by atoms with van der Waals surface area (Å²) in [5.74, 6) is -1.19. The normalized spacial score (nSPS) is 16.4. The van der Waals surface area contributed by atoms with Gasteiger partial charge >= 0.3 is 0 Å². The van der Waals surface area contributed by atoms with Crippen LogP contribution in [0.15, 0.2) is 12.1 Å². The van der Waals surface area contributed by atoms with Crippen molar-refractivity contribution < 1.29 is 13.6 Å². The molecule has 5 heteroatoms. The van der Waals surface area contributed by atoms with E-state index < -0.39 is 17.5 Å². The highest BCUT2D eigenvalue weighted by Gasteiger charge is 2.28. The molecule has 98 valence electrons. The molecule has 1 fully saturated rings. The summed E-state index contributed by atoms with van der Waals surface area (Å²) in [5.41, 5.74) is 4.59. The maximum atomic E-state index is 13.6. The Balaban J connectivity index is 2.03. The molecule has 1 aromatic rings. The van der Waals surface area contributed by atoms with Gasteiger partial charge < -0.3 is 11.1 Å². The molecule has 0 heterocycles. The highest BCUT2D eigenvalue weighted by molar-refractivity contribution is 5.95. The summed E-state index contributed by atoms with van der Waals surface area (Å²) >= 11 is 0. The minimum atomic E-state index is -0.868. The molecule has 1 aromatic carbocycles. The van der Waals surface area contributed by atoms with Crippen molar-refractivity contribution in [2.24, 2.45) is 11.8 Å². The molecule has 1 aliphatic rings. The quantitative estimate of drug-likeness (QED) is 0.810. The molecule has 0 saturated heterocycles. The zero-order chi connectivity index (χ0) is 13.3. The molecule has 0 radical (unpaired) electrons. The van der Waals surface area contributed by atoms with Crippen LogP contribution < -0.4 is 11.1 Å². The topological polar surface area (TPSA) is 55.1 Å². The first-order valence-corrected chi connectivity index (χ1v) is 6.01. The Morgan fingerprint density at radius 3 is 2.78 bits per heavy atom. The zero-order valence-electron chi connectivity index (χ0n) is 10.2. The van der Waals surface area contributed by atoms with E-state index in [9.17, 15) is 13.6 Å². The molecule has 0 aliphatic heterocycles. The second-order valence-corrected chi connectivity index (χ2v) is 4.88. The summed E-state index contributed by atoms with van der Waals surface area (Å²) in [6, 6.07) is 1.72. The van der Waals surface area contributed by atoms with Crippen LogP contribution in [0.25, 0.3) is 0 Å². The Morgan fingerprint density at radius 1 is 1.50 bits per heavy atom. The minimum Gasteiger partial charge on any atom is -0.396 e. The number of anilines is 1. The van der Waals surface area contributed by atoms with Gasteiger partial charge in [-0.3, -0.25) is 4.79 Å². The summed E-state index contributed by atoms with van der Waals surface area (Å²) < 4.78 is 26.7. The Bertz CT molecular complexity index is 472. The van der Waals surface area contributed by atoms with Crippen molar-refractivity contribution in [2.75, 3.05) is 12.3 Å². The van der Waals surface area contributed by atoms with E-state index in [0.29, 0.717) is 18.4 Å². The molecule has 3 nitrogen and oxygen atoms in total. The van der Waals surface area contributed by atoms with E-state index in [4.69, 9.17) is 5.73 Å². The number of amides is 1. The lowest BCUT2D eigenvalue weighted by Gasteiger charge is -2.12. The van der Waals surface area contributed by atoms with E-state index in [-0.39, 0.29) is 11.3 Å². The van der Waals surface area contributed by atoms with Crippen molar-refractivity contribution in [3.8, 4) is 0 Å². The van der Waals surface area contributed by atoms with Gasteiger partial charge in [-0.2, -0.15) is 0 Å². The highest BCUT2D eigenvalue weighted by atomic mass is 19.1. The van der Waals surface area contributed by atoms with Crippen LogP contribution in [-0.4, -0.2) is 12.5 Å². The lowest BCUT2D eigenvalue weighted by atomic mass is 10.1. The summed E-state index contributed by atoms with van der Waals surface area (Å²) in [7, 11) is 0. The van der Waals surface area contributed by atoms with Gasteiger partial charge in [0, 0.05) is 6.54 Å². The molecule has 1 aliphatic carbocycles. The molecule has 0 aromatic heterocycles. The molecule has 1 saturated carbocycles. The molecule has 0 bridgehead atoms. The maximum Gasteiger partial charge on any atom is 0.254 e. The second-order valence-electron chi connectivity index (χ2n) is 4.88. The number of rotatable bonds is 4. The SMILES string of the molecule is CC(CNC(=O)c1cc(F)cc(N)c1F)C1CC1. The molecule has 2 rings (SSSR count). The smallest absolute Gasteiger partial charge is 0.254 e. The fraction of sp³-hybridized carbons (Fsp3) is 0.462. The molecule has 1 atom stereocenters. The number of nitrogen functional groups attached to an aromatic ring is 1. The van der Waals surface area contributed by atoms with E-state index >= 15 is 0 Å². The monoisotopic (exact) mass is 254 g/mol. The Hall–Kier alpha value is -1.65. The first-order valence-electron chi connectivity index (χ1n) is 6.01. The number of hydrogen-bond acceptors (Lipinski definition) is 2. The number of benzene rings is 1. The molecule has 18 heavy (non-hydrogen) atoms. The number of carbonyl (C=O) groups excluding carboxylic acids is 1. The predicted octanol–water partition coefficient (Wildman–Crippen LogP) is 2.32. The van der Waals surface area contributed by atoms with Crippen LogP contribution in [0.1, 0.15) is 30.1 Å². The highest BCUT2D eigenvalue weighted by Crippen LogP contribution is 2.36. The van der Waals surface area contributed by atoms with Gasteiger partial charge in [0.05, 0.1) is 11.3 Å². The van der Waals surface area contributed by atoms with Gasteiger partial charge in [0.2, 0.25) is 0 Å². The van der Waals surface area contributed by atoms with Crippen LogP contribution in [0.5, 0.6) is 0 Å². The third-order valence-electron chi connectivity index (χ3n) is 3.32. The third-order valence-corrected chi connectivity index (χ3v) is 3.32. The number of halogens is 2. The van der Waals surface area contributed by atoms with Gasteiger partial charge in [-0.1, -0.05) is 6.92 Å². The summed E-state index contributed by atoms with van der Waals surface area (Å²) in [4.78, 5) is 11.7. The van der Waals surface area contributed by atoms with Gasteiger partial charge in [0.15, 0.2) is 5.82 Å². The van der Waals surface area contributed by atoms with Crippen LogP contribution in [0.3, 0.4) is 0 Å². The molecular weight excluding hydrogens is 238 g/mol. The van der Waals surface area contributed by atoms with E-state index in [1.165, 1.54) is 12.8 Å². The van der Waals surface area contributed by atoms with E-state index in [1.54, 1.807) is 0 Å². The van der Waals surface area contributed by atoms with E-state index in [0.717, 1.165) is 12.1 Å². The minimum absolute atomic E-state index is 0.338. The van der Waals surface area contributed by atoms with Crippen LogP contribution >= 0.6 is 0 Å². The molecule has 0 spiro atoms. The van der Waals surface area contributed by atoms with Gasteiger partial charge in [-0.05, 0) is 36.8 Å². The van der Waals surface area contributed by atoms with Crippen molar-refractivity contribution in [3.63, 3.8) is 0 Å². The van der Waals surface area contributed by atoms with Crippen molar-refractivity contribution in [3.05, 3.63) is 29.3 Å². The summed E-state index contributed by atoms with van der Waals surface area (Å²) in [6.07, 6.45) is 2.36. The van der Waals surface area contributed by atoms with Gasteiger partial charge in [0.25, 0.3) is 5.91 Å². The van der Waals surface area contributed by atoms with Crippen molar-refractivity contribution in [1.82, 2.24) is 5.32 Å². The molecule has 3 N–H and O–H groups in total. The van der Waals surface area contributed by atoms with Gasteiger partial charge in [-0.25, -0.2) is 8.78 Å². The molecule has 1 unspecified atom stereocenters. The lowest BCUT2D eigenvalue weighted by Crippen LogP contribution is -2.30. The van der Waals surface area contributed by atoms with E-state index in [2.05, 4.69) is 5.32 Å². The number of nitrogens with two attached hydrogens (primary N) is 1. The van der Waals surface area contributed by atoms with E-state index in [1.807, 2.05) is 6.92 Å². The lowest BCUT2D eigenvalue weighted by molar-refractivity contribution is 0.0942. The maximum absolute atomic E-state index is 13.6. The number of carbonyl (C=O) groups is 1. The van der Waals surface area contributed by atoms with Crippen molar-refractivity contribution in [1.29, 1.82) is 0 Å². The van der Waals surface area contributed by atoms with Gasteiger partial charge in [0.1, 0.15) is 5.82 Å². The third kappa shape index (κ3) is 2.78.